The molecule has 0 radical (unpaired) electrons. The first kappa shape index (κ1) is 22.6. The maximum absolute atomic E-state index is 13.4. The van der Waals surface area contributed by atoms with E-state index in [1.165, 1.54) is 18.0 Å². The summed E-state index contributed by atoms with van der Waals surface area (Å²) in [6.45, 7) is 6.28. The highest BCUT2D eigenvalue weighted by atomic mass is 16.2. The molecule has 1 atom stereocenters. The summed E-state index contributed by atoms with van der Waals surface area (Å²) in [5, 5.41) is 0. The van der Waals surface area contributed by atoms with E-state index >= 15 is 0 Å². The summed E-state index contributed by atoms with van der Waals surface area (Å²) in [5.74, 6) is -0.354. The average molecular weight is 443 g/mol. The molecule has 0 aliphatic carbocycles. The minimum absolute atomic E-state index is 0.118. The molecule has 1 aliphatic heterocycles. The van der Waals surface area contributed by atoms with Crippen molar-refractivity contribution in [3.63, 3.8) is 0 Å². The van der Waals surface area contributed by atoms with Crippen LogP contribution in [0.5, 0.6) is 0 Å². The smallest absolute Gasteiger partial charge is 0.274 e. The lowest BCUT2D eigenvalue weighted by molar-refractivity contribution is -0.134. The highest BCUT2D eigenvalue weighted by Gasteiger charge is 2.32. The van der Waals surface area contributed by atoms with Crippen molar-refractivity contribution >= 4 is 11.8 Å². The molecular formula is C27H30N4O2. The number of carbonyl (C=O) groups excluding carboxylic acids is 2. The molecule has 1 saturated heterocycles. The van der Waals surface area contributed by atoms with Gasteiger partial charge in [-0.25, -0.2) is 4.98 Å². The number of aromatic nitrogens is 2. The second kappa shape index (κ2) is 10.4. The van der Waals surface area contributed by atoms with Crippen molar-refractivity contribution in [2.45, 2.75) is 26.7 Å². The third-order valence-corrected chi connectivity index (χ3v) is 6.07. The predicted octanol–water partition coefficient (Wildman–Crippen LogP) is 4.01. The Hall–Kier alpha value is -3.54. The highest BCUT2D eigenvalue weighted by Crippen LogP contribution is 2.24. The van der Waals surface area contributed by atoms with E-state index in [0.29, 0.717) is 38.3 Å². The molecule has 1 fully saturated rings. The Labute approximate surface area is 195 Å². The molecule has 33 heavy (non-hydrogen) atoms. The number of amides is 2. The molecule has 0 saturated carbocycles. The maximum atomic E-state index is 13.4. The molecule has 0 N–H and O–H groups in total. The zero-order valence-corrected chi connectivity index (χ0v) is 19.3. The number of rotatable bonds is 6. The fourth-order valence-electron chi connectivity index (χ4n) is 4.43. The van der Waals surface area contributed by atoms with E-state index in [1.807, 2.05) is 11.0 Å². The second-order valence-corrected chi connectivity index (χ2v) is 8.64. The minimum atomic E-state index is -0.299. The summed E-state index contributed by atoms with van der Waals surface area (Å²) in [7, 11) is 0. The molecule has 2 heterocycles. The summed E-state index contributed by atoms with van der Waals surface area (Å²) in [6, 6.07) is 16.8. The Morgan fingerprint density at radius 3 is 2.58 bits per heavy atom. The molecular weight excluding hydrogens is 412 g/mol. The van der Waals surface area contributed by atoms with E-state index in [-0.39, 0.29) is 17.7 Å². The van der Waals surface area contributed by atoms with Gasteiger partial charge in [0.2, 0.25) is 5.91 Å². The largest absolute Gasteiger partial charge is 0.341 e. The lowest BCUT2D eigenvalue weighted by atomic mass is 9.94. The topological polar surface area (TPSA) is 66.4 Å². The van der Waals surface area contributed by atoms with E-state index in [1.54, 1.807) is 11.1 Å². The van der Waals surface area contributed by atoms with Crippen LogP contribution in [0.2, 0.25) is 0 Å². The molecule has 0 spiro atoms. The molecule has 1 aliphatic rings. The van der Waals surface area contributed by atoms with E-state index in [2.05, 4.69) is 66.3 Å². The molecule has 2 aromatic carbocycles. The zero-order chi connectivity index (χ0) is 23.2. The summed E-state index contributed by atoms with van der Waals surface area (Å²) in [6.07, 6.45) is 6.03. The Kier molecular flexibility index (Phi) is 7.13. The number of carbonyl (C=O) groups is 2. The number of aryl methyl sites for hydroxylation is 1. The van der Waals surface area contributed by atoms with Crippen LogP contribution in [0.4, 0.5) is 0 Å². The number of hydrogen-bond acceptors (Lipinski definition) is 4. The van der Waals surface area contributed by atoms with Gasteiger partial charge in [0.05, 0.1) is 12.1 Å². The van der Waals surface area contributed by atoms with Gasteiger partial charge in [0.15, 0.2) is 0 Å². The van der Waals surface area contributed by atoms with Crippen LogP contribution in [0.15, 0.2) is 67.1 Å². The maximum Gasteiger partial charge on any atom is 0.274 e. The molecule has 170 valence electrons. The SMILES string of the molecule is CCCN1CCN(C(=O)c2cnccn2)C[C@H](Cc2cccc(-c3cccc(C)c3)c2)C1=O. The predicted molar refractivity (Wildman–Crippen MR) is 129 cm³/mol. The van der Waals surface area contributed by atoms with Gasteiger partial charge < -0.3 is 9.80 Å². The van der Waals surface area contributed by atoms with E-state index < -0.39 is 0 Å². The fraction of sp³-hybridized carbons (Fsp3) is 0.333. The Morgan fingerprint density at radius 1 is 1.06 bits per heavy atom. The van der Waals surface area contributed by atoms with Gasteiger partial charge in [-0.3, -0.25) is 14.6 Å². The first-order valence-corrected chi connectivity index (χ1v) is 11.5. The van der Waals surface area contributed by atoms with Gasteiger partial charge in [0.1, 0.15) is 5.69 Å². The fourth-order valence-corrected chi connectivity index (χ4v) is 4.43. The summed E-state index contributed by atoms with van der Waals surface area (Å²) in [4.78, 5) is 38.3. The Bertz CT molecular complexity index is 1120. The van der Waals surface area contributed by atoms with Crippen LogP contribution in [0, 0.1) is 12.8 Å². The normalized spacial score (nSPS) is 16.5. The van der Waals surface area contributed by atoms with Gasteiger partial charge in [-0.2, -0.15) is 0 Å². The van der Waals surface area contributed by atoms with Crippen molar-refractivity contribution in [1.82, 2.24) is 19.8 Å². The quantitative estimate of drug-likeness (QED) is 0.579. The van der Waals surface area contributed by atoms with Gasteiger partial charge in [-0.15, -0.1) is 0 Å². The first-order chi connectivity index (χ1) is 16.0. The minimum Gasteiger partial charge on any atom is -0.341 e. The lowest BCUT2D eigenvalue weighted by Crippen LogP contribution is -2.38. The number of hydrogen-bond donors (Lipinski definition) is 0. The molecule has 2 amide bonds. The standard InChI is InChI=1S/C27H30N4O2/c1-3-12-30-13-14-31(27(33)25-18-28-10-11-29-25)19-24(26(30)32)17-21-7-5-9-23(16-21)22-8-4-6-20(2)15-22/h4-11,15-16,18,24H,3,12-14,17,19H2,1-2H3/t24-/m0/s1. The number of nitrogens with zero attached hydrogens (tertiary/aromatic N) is 4. The molecule has 0 bridgehead atoms. The van der Waals surface area contributed by atoms with Gasteiger partial charge in [-0.05, 0) is 36.5 Å². The van der Waals surface area contributed by atoms with Crippen LogP contribution < -0.4 is 0 Å². The van der Waals surface area contributed by atoms with Crippen molar-refractivity contribution in [2.24, 2.45) is 5.92 Å². The van der Waals surface area contributed by atoms with Crippen LogP contribution in [-0.4, -0.2) is 57.8 Å². The van der Waals surface area contributed by atoms with Crippen LogP contribution in [0.3, 0.4) is 0 Å². The molecule has 1 aromatic heterocycles. The van der Waals surface area contributed by atoms with E-state index in [9.17, 15) is 9.59 Å². The number of benzene rings is 2. The Morgan fingerprint density at radius 2 is 1.85 bits per heavy atom. The monoisotopic (exact) mass is 442 g/mol. The summed E-state index contributed by atoms with van der Waals surface area (Å²) < 4.78 is 0. The van der Waals surface area contributed by atoms with Crippen LogP contribution >= 0.6 is 0 Å². The van der Waals surface area contributed by atoms with Crippen molar-refractivity contribution in [3.05, 3.63) is 83.9 Å². The highest BCUT2D eigenvalue weighted by molar-refractivity contribution is 5.92. The molecule has 0 unspecified atom stereocenters. The van der Waals surface area contributed by atoms with Gasteiger partial charge in [0.25, 0.3) is 5.91 Å². The van der Waals surface area contributed by atoms with Crippen molar-refractivity contribution in [1.29, 1.82) is 0 Å². The molecule has 6 nitrogen and oxygen atoms in total. The van der Waals surface area contributed by atoms with E-state index in [0.717, 1.165) is 23.1 Å². The summed E-state index contributed by atoms with van der Waals surface area (Å²) in [5.41, 5.74) is 4.92. The molecule has 3 aromatic rings. The summed E-state index contributed by atoms with van der Waals surface area (Å²) >= 11 is 0. The van der Waals surface area contributed by atoms with Crippen molar-refractivity contribution in [3.8, 4) is 11.1 Å². The van der Waals surface area contributed by atoms with Crippen LogP contribution in [0.25, 0.3) is 11.1 Å². The van der Waals surface area contributed by atoms with E-state index in [4.69, 9.17) is 0 Å². The van der Waals surface area contributed by atoms with Crippen molar-refractivity contribution < 1.29 is 9.59 Å². The zero-order valence-electron chi connectivity index (χ0n) is 19.3. The second-order valence-electron chi connectivity index (χ2n) is 8.64. The third kappa shape index (κ3) is 5.45. The Balaban J connectivity index is 1.59. The van der Waals surface area contributed by atoms with Gasteiger partial charge in [0, 0.05) is 38.6 Å². The van der Waals surface area contributed by atoms with Gasteiger partial charge >= 0.3 is 0 Å². The van der Waals surface area contributed by atoms with Crippen molar-refractivity contribution in [2.75, 3.05) is 26.2 Å². The van der Waals surface area contributed by atoms with Crippen LogP contribution in [-0.2, 0) is 11.2 Å². The average Bonchev–Trinajstić information content (AvgIpc) is 2.99. The first-order valence-electron chi connectivity index (χ1n) is 11.5. The third-order valence-electron chi connectivity index (χ3n) is 6.07. The lowest BCUT2D eigenvalue weighted by Gasteiger charge is -2.24. The molecule has 6 heteroatoms. The molecule has 4 rings (SSSR count). The van der Waals surface area contributed by atoms with Crippen LogP contribution in [0.1, 0.15) is 35.0 Å². The van der Waals surface area contributed by atoms with Gasteiger partial charge in [-0.1, -0.05) is 61.0 Å².